The highest BCUT2D eigenvalue weighted by Crippen LogP contribution is 2.32. The van der Waals surface area contributed by atoms with Crippen molar-refractivity contribution < 1.29 is 19.4 Å². The molecule has 0 saturated carbocycles. The summed E-state index contributed by atoms with van der Waals surface area (Å²) >= 11 is 12.4. The molecule has 122 valence electrons. The quantitative estimate of drug-likeness (QED) is 0.827. The molecule has 0 aliphatic carbocycles. The number of methoxy groups -OCH3 is 1. The zero-order valence-electron chi connectivity index (χ0n) is 12.3. The van der Waals surface area contributed by atoms with Crippen molar-refractivity contribution in [2.45, 2.75) is 19.4 Å². The highest BCUT2D eigenvalue weighted by atomic mass is 35.5. The van der Waals surface area contributed by atoms with Gasteiger partial charge in [0.2, 0.25) is 0 Å². The number of rotatable bonds is 6. The number of carbonyl (C=O) groups is 1. The van der Waals surface area contributed by atoms with Crippen molar-refractivity contribution in [1.82, 2.24) is 5.32 Å². The lowest BCUT2D eigenvalue weighted by Crippen LogP contribution is -2.45. The Kier molecular flexibility index (Phi) is 5.92. The summed E-state index contributed by atoms with van der Waals surface area (Å²) in [4.78, 5) is 11.6. The molecule has 1 fully saturated rings. The van der Waals surface area contributed by atoms with Crippen LogP contribution in [-0.4, -0.2) is 37.9 Å². The van der Waals surface area contributed by atoms with Crippen LogP contribution in [-0.2, 0) is 16.1 Å². The molecule has 7 heteroatoms. The molecule has 0 unspecified atom stereocenters. The van der Waals surface area contributed by atoms with Gasteiger partial charge in [-0.25, -0.2) is 0 Å². The standard InChI is InChI=1S/C15H19Cl2NO4/c1-21-10-6-12(16)11(13(17)7-10)8-18-9-15(14(19)20)2-4-22-5-3-15/h6-7,18H,2-5,8-9H2,1H3,(H,19,20). The molecule has 2 N–H and O–H groups in total. The Morgan fingerprint density at radius 1 is 1.36 bits per heavy atom. The summed E-state index contributed by atoms with van der Waals surface area (Å²) < 4.78 is 10.4. The molecule has 2 rings (SSSR count). The SMILES string of the molecule is COc1cc(Cl)c(CNCC2(C(=O)O)CCOCC2)c(Cl)c1. The van der Waals surface area contributed by atoms with Gasteiger partial charge in [-0.05, 0) is 25.0 Å². The largest absolute Gasteiger partial charge is 0.497 e. The zero-order chi connectivity index (χ0) is 16.2. The van der Waals surface area contributed by atoms with Crippen molar-refractivity contribution in [1.29, 1.82) is 0 Å². The Hall–Kier alpha value is -1.01. The van der Waals surface area contributed by atoms with Crippen molar-refractivity contribution in [2.24, 2.45) is 5.41 Å². The lowest BCUT2D eigenvalue weighted by molar-refractivity contribution is -0.154. The third-order valence-corrected chi connectivity index (χ3v) is 4.69. The van der Waals surface area contributed by atoms with Gasteiger partial charge in [-0.1, -0.05) is 23.2 Å². The molecule has 0 radical (unpaired) electrons. The minimum absolute atomic E-state index is 0.352. The molecule has 1 aromatic carbocycles. The molecule has 1 saturated heterocycles. The summed E-state index contributed by atoms with van der Waals surface area (Å²) in [6.07, 6.45) is 0.999. The molecule has 5 nitrogen and oxygen atoms in total. The number of ether oxygens (including phenoxy) is 2. The van der Waals surface area contributed by atoms with Crippen LogP contribution in [0.2, 0.25) is 10.0 Å². The van der Waals surface area contributed by atoms with Crippen molar-refractivity contribution in [3.8, 4) is 5.75 Å². The Labute approximate surface area is 139 Å². The van der Waals surface area contributed by atoms with Gasteiger partial charge in [0.1, 0.15) is 5.75 Å². The van der Waals surface area contributed by atoms with E-state index in [0.29, 0.717) is 54.9 Å². The van der Waals surface area contributed by atoms with Gasteiger partial charge < -0.3 is 19.9 Å². The number of halogens is 2. The molecule has 22 heavy (non-hydrogen) atoms. The molecule has 0 bridgehead atoms. The van der Waals surface area contributed by atoms with Crippen LogP contribution in [0.4, 0.5) is 0 Å². The van der Waals surface area contributed by atoms with Crippen LogP contribution in [0.25, 0.3) is 0 Å². The summed E-state index contributed by atoms with van der Waals surface area (Å²) in [7, 11) is 1.54. The summed E-state index contributed by atoms with van der Waals surface area (Å²) in [5, 5.41) is 13.7. The van der Waals surface area contributed by atoms with Crippen LogP contribution in [0.1, 0.15) is 18.4 Å². The Morgan fingerprint density at radius 2 is 1.95 bits per heavy atom. The van der Waals surface area contributed by atoms with Gasteiger partial charge in [-0.2, -0.15) is 0 Å². The fourth-order valence-electron chi connectivity index (χ4n) is 2.52. The first-order chi connectivity index (χ1) is 10.5. The molecule has 0 atom stereocenters. The van der Waals surface area contributed by atoms with Crippen LogP contribution in [0.15, 0.2) is 12.1 Å². The van der Waals surface area contributed by atoms with Gasteiger partial charge in [0, 0.05) is 31.9 Å². The van der Waals surface area contributed by atoms with Gasteiger partial charge in [0.15, 0.2) is 0 Å². The Balaban J connectivity index is 2.02. The lowest BCUT2D eigenvalue weighted by atomic mass is 9.80. The number of aliphatic carboxylic acids is 1. The molecule has 0 spiro atoms. The molecular weight excluding hydrogens is 329 g/mol. The van der Waals surface area contributed by atoms with E-state index in [1.807, 2.05) is 0 Å². The summed E-state index contributed by atoms with van der Waals surface area (Å²) in [6, 6.07) is 3.37. The number of benzene rings is 1. The zero-order valence-corrected chi connectivity index (χ0v) is 13.8. The van der Waals surface area contributed by atoms with E-state index < -0.39 is 11.4 Å². The lowest BCUT2D eigenvalue weighted by Gasteiger charge is -2.33. The highest BCUT2D eigenvalue weighted by molar-refractivity contribution is 6.36. The van der Waals surface area contributed by atoms with Crippen LogP contribution in [0.3, 0.4) is 0 Å². The number of hydrogen-bond acceptors (Lipinski definition) is 4. The molecule has 1 aromatic rings. The van der Waals surface area contributed by atoms with Crippen molar-refractivity contribution in [2.75, 3.05) is 26.9 Å². The predicted octanol–water partition coefficient (Wildman–Crippen LogP) is 2.97. The van der Waals surface area contributed by atoms with E-state index in [1.165, 1.54) is 0 Å². The Bertz CT molecular complexity index is 521. The van der Waals surface area contributed by atoms with Crippen molar-refractivity contribution >= 4 is 29.2 Å². The monoisotopic (exact) mass is 347 g/mol. The second-order valence-electron chi connectivity index (χ2n) is 5.37. The molecule has 1 aliphatic rings. The van der Waals surface area contributed by atoms with Crippen LogP contribution >= 0.6 is 23.2 Å². The molecule has 1 heterocycles. The fraction of sp³-hybridized carbons (Fsp3) is 0.533. The second-order valence-corrected chi connectivity index (χ2v) is 6.19. The van der Waals surface area contributed by atoms with Crippen molar-refractivity contribution in [3.05, 3.63) is 27.7 Å². The van der Waals surface area contributed by atoms with E-state index in [-0.39, 0.29) is 0 Å². The third kappa shape index (κ3) is 3.84. The van der Waals surface area contributed by atoms with Gasteiger partial charge in [0.05, 0.1) is 22.6 Å². The van der Waals surface area contributed by atoms with Gasteiger partial charge in [0.25, 0.3) is 0 Å². The van der Waals surface area contributed by atoms with Crippen LogP contribution < -0.4 is 10.1 Å². The molecular formula is C15H19Cl2NO4. The maximum absolute atomic E-state index is 11.6. The first-order valence-electron chi connectivity index (χ1n) is 7.02. The number of carboxylic acids is 1. The maximum Gasteiger partial charge on any atom is 0.311 e. The minimum atomic E-state index is -0.796. The third-order valence-electron chi connectivity index (χ3n) is 4.02. The van der Waals surface area contributed by atoms with E-state index >= 15 is 0 Å². The maximum atomic E-state index is 11.6. The molecule has 0 amide bonds. The van der Waals surface area contributed by atoms with Crippen molar-refractivity contribution in [3.63, 3.8) is 0 Å². The smallest absolute Gasteiger partial charge is 0.311 e. The average Bonchev–Trinajstić information content (AvgIpc) is 2.50. The average molecular weight is 348 g/mol. The predicted molar refractivity (Wildman–Crippen MR) is 84.8 cm³/mol. The first kappa shape index (κ1) is 17.3. The van der Waals surface area contributed by atoms with Crippen LogP contribution in [0, 0.1) is 5.41 Å². The first-order valence-corrected chi connectivity index (χ1v) is 7.78. The summed E-state index contributed by atoms with van der Waals surface area (Å²) in [6.45, 7) is 1.69. The van der Waals surface area contributed by atoms with Gasteiger partial charge in [-0.3, -0.25) is 4.79 Å². The number of carboxylic acid groups (broad SMARTS) is 1. The summed E-state index contributed by atoms with van der Waals surface area (Å²) in [5.41, 5.74) is -0.0549. The van der Waals surface area contributed by atoms with Gasteiger partial charge in [-0.15, -0.1) is 0 Å². The van der Waals surface area contributed by atoms with Gasteiger partial charge >= 0.3 is 5.97 Å². The number of nitrogens with one attached hydrogen (secondary N) is 1. The van der Waals surface area contributed by atoms with E-state index in [2.05, 4.69) is 5.32 Å². The fourth-order valence-corrected chi connectivity index (χ4v) is 3.12. The van der Waals surface area contributed by atoms with Crippen LogP contribution in [0.5, 0.6) is 5.75 Å². The summed E-state index contributed by atoms with van der Waals surface area (Å²) in [5.74, 6) is -0.208. The topological polar surface area (TPSA) is 67.8 Å². The molecule has 1 aliphatic heterocycles. The van der Waals surface area contributed by atoms with E-state index in [9.17, 15) is 9.90 Å². The van der Waals surface area contributed by atoms with E-state index in [1.54, 1.807) is 19.2 Å². The normalized spacial score (nSPS) is 17.2. The minimum Gasteiger partial charge on any atom is -0.497 e. The van der Waals surface area contributed by atoms with E-state index in [0.717, 1.165) is 5.56 Å². The highest BCUT2D eigenvalue weighted by Gasteiger charge is 2.39. The number of hydrogen-bond donors (Lipinski definition) is 2. The second kappa shape index (κ2) is 7.51. The molecule has 0 aromatic heterocycles. The Morgan fingerprint density at radius 3 is 2.45 bits per heavy atom. The van der Waals surface area contributed by atoms with E-state index in [4.69, 9.17) is 32.7 Å².